The molecule has 1 aliphatic heterocycles. The highest BCUT2D eigenvalue weighted by atomic mass is 16.5. The van der Waals surface area contributed by atoms with Crippen LogP contribution in [0, 0.1) is 0 Å². The van der Waals surface area contributed by atoms with E-state index in [2.05, 4.69) is 5.32 Å². The van der Waals surface area contributed by atoms with Crippen LogP contribution in [0.2, 0.25) is 0 Å². The number of urea groups is 1. The molecule has 0 bridgehead atoms. The molecule has 0 aromatic heterocycles. The van der Waals surface area contributed by atoms with Crippen molar-refractivity contribution in [2.75, 3.05) is 20.3 Å². The van der Waals surface area contributed by atoms with E-state index in [9.17, 15) is 9.59 Å². The molecule has 1 aromatic carbocycles. The number of amides is 3. The van der Waals surface area contributed by atoms with Crippen molar-refractivity contribution < 1.29 is 14.3 Å². The van der Waals surface area contributed by atoms with E-state index in [1.165, 1.54) is 12.0 Å². The number of rotatable bonds is 5. The van der Waals surface area contributed by atoms with Crippen molar-refractivity contribution in [3.8, 4) is 0 Å². The molecule has 1 heterocycles. The summed E-state index contributed by atoms with van der Waals surface area (Å²) in [5.74, 6) is -0.262. The molecular formula is C15H18N2O3. The van der Waals surface area contributed by atoms with Gasteiger partial charge in [0.15, 0.2) is 0 Å². The molecule has 0 aliphatic carbocycles. The first-order valence-corrected chi connectivity index (χ1v) is 6.41. The lowest BCUT2D eigenvalue weighted by Gasteiger charge is -2.19. The van der Waals surface area contributed by atoms with Gasteiger partial charge in [0.05, 0.1) is 6.61 Å². The number of carbonyl (C=O) groups is 2. The quantitative estimate of drug-likeness (QED) is 0.831. The van der Waals surface area contributed by atoms with Crippen LogP contribution in [0.3, 0.4) is 0 Å². The second kappa shape index (κ2) is 5.88. The Morgan fingerprint density at radius 1 is 1.30 bits per heavy atom. The maximum atomic E-state index is 12.2. The summed E-state index contributed by atoms with van der Waals surface area (Å²) < 4.78 is 4.99. The van der Waals surface area contributed by atoms with Crippen LogP contribution in [0.25, 0.3) is 6.08 Å². The van der Waals surface area contributed by atoms with Gasteiger partial charge in [-0.25, -0.2) is 4.79 Å². The van der Waals surface area contributed by atoms with Gasteiger partial charge in [-0.15, -0.1) is 0 Å². The van der Waals surface area contributed by atoms with Gasteiger partial charge in [-0.2, -0.15) is 0 Å². The summed E-state index contributed by atoms with van der Waals surface area (Å²) in [6.07, 6.45) is 3.68. The zero-order chi connectivity index (χ0) is 14.6. The van der Waals surface area contributed by atoms with E-state index in [1.54, 1.807) is 13.0 Å². The van der Waals surface area contributed by atoms with E-state index >= 15 is 0 Å². The van der Waals surface area contributed by atoms with Gasteiger partial charge in [-0.05, 0) is 12.5 Å². The van der Waals surface area contributed by atoms with Gasteiger partial charge in [0.1, 0.15) is 5.54 Å². The van der Waals surface area contributed by atoms with Crippen LogP contribution in [0.1, 0.15) is 12.5 Å². The minimum atomic E-state index is -0.966. The third-order valence-electron chi connectivity index (χ3n) is 3.18. The molecular weight excluding hydrogens is 256 g/mol. The number of hydrogen-bond acceptors (Lipinski definition) is 3. The Hall–Kier alpha value is -2.14. The molecule has 106 valence electrons. The Labute approximate surface area is 118 Å². The molecule has 3 amide bonds. The van der Waals surface area contributed by atoms with Crippen LogP contribution in [0.15, 0.2) is 36.4 Å². The highest BCUT2D eigenvalue weighted by molar-refractivity contribution is 6.07. The molecule has 1 N–H and O–H groups in total. The Balaban J connectivity index is 2.02. The number of benzene rings is 1. The third kappa shape index (κ3) is 2.88. The first kappa shape index (κ1) is 14.3. The third-order valence-corrected chi connectivity index (χ3v) is 3.18. The lowest BCUT2D eigenvalue weighted by atomic mass is 10.0. The average Bonchev–Trinajstić information content (AvgIpc) is 2.63. The van der Waals surface area contributed by atoms with Gasteiger partial charge in [0, 0.05) is 13.7 Å². The fourth-order valence-electron chi connectivity index (χ4n) is 2.16. The van der Waals surface area contributed by atoms with E-state index in [1.807, 2.05) is 36.4 Å². The lowest BCUT2D eigenvalue weighted by Crippen LogP contribution is -2.47. The van der Waals surface area contributed by atoms with Crippen molar-refractivity contribution in [1.82, 2.24) is 10.2 Å². The van der Waals surface area contributed by atoms with Gasteiger partial charge < -0.3 is 10.1 Å². The number of nitrogens with one attached hydrogen (secondary N) is 1. The summed E-state index contributed by atoms with van der Waals surface area (Å²) in [4.78, 5) is 25.2. The number of hydrogen-bond donors (Lipinski definition) is 1. The summed E-state index contributed by atoms with van der Waals surface area (Å²) in [7, 11) is 1.50. The molecule has 20 heavy (non-hydrogen) atoms. The number of carbonyl (C=O) groups excluding carboxylic acids is 2. The fourth-order valence-corrected chi connectivity index (χ4v) is 2.16. The molecule has 1 aliphatic rings. The van der Waals surface area contributed by atoms with Gasteiger partial charge >= 0.3 is 6.03 Å². The van der Waals surface area contributed by atoms with Crippen molar-refractivity contribution >= 4 is 18.0 Å². The minimum Gasteiger partial charge on any atom is -0.382 e. The predicted octanol–water partition coefficient (Wildman–Crippen LogP) is 1.66. The zero-order valence-electron chi connectivity index (χ0n) is 11.6. The van der Waals surface area contributed by atoms with E-state index in [0.717, 1.165) is 5.56 Å². The molecule has 0 radical (unpaired) electrons. The summed E-state index contributed by atoms with van der Waals surface area (Å²) in [5.41, 5.74) is 0.0612. The largest absolute Gasteiger partial charge is 0.382 e. The monoisotopic (exact) mass is 274 g/mol. The Kier molecular flexibility index (Phi) is 4.20. The molecule has 2 rings (SSSR count). The van der Waals surface area contributed by atoms with Gasteiger partial charge in [-0.1, -0.05) is 42.5 Å². The van der Waals surface area contributed by atoms with Crippen molar-refractivity contribution in [3.05, 3.63) is 42.0 Å². The van der Waals surface area contributed by atoms with Crippen molar-refractivity contribution in [1.29, 1.82) is 0 Å². The van der Waals surface area contributed by atoms with Crippen LogP contribution in [-0.4, -0.2) is 42.6 Å². The normalized spacial score (nSPS) is 22.6. The molecule has 1 saturated heterocycles. The van der Waals surface area contributed by atoms with Crippen LogP contribution >= 0.6 is 0 Å². The topological polar surface area (TPSA) is 58.6 Å². The lowest BCUT2D eigenvalue weighted by molar-refractivity contribution is -0.132. The molecule has 1 fully saturated rings. The molecule has 1 aromatic rings. The average molecular weight is 274 g/mol. The van der Waals surface area contributed by atoms with Crippen LogP contribution in [-0.2, 0) is 9.53 Å². The van der Waals surface area contributed by atoms with Gasteiger partial charge in [-0.3, -0.25) is 9.69 Å². The second-order valence-corrected chi connectivity index (χ2v) is 4.92. The maximum absolute atomic E-state index is 12.2. The van der Waals surface area contributed by atoms with Crippen LogP contribution < -0.4 is 5.32 Å². The van der Waals surface area contributed by atoms with Crippen LogP contribution in [0.5, 0.6) is 0 Å². The zero-order valence-corrected chi connectivity index (χ0v) is 11.6. The van der Waals surface area contributed by atoms with Gasteiger partial charge in [0.2, 0.25) is 0 Å². The summed E-state index contributed by atoms with van der Waals surface area (Å²) in [6.45, 7) is 2.08. The summed E-state index contributed by atoms with van der Waals surface area (Å²) in [6, 6.07) is 9.33. The van der Waals surface area contributed by atoms with Crippen molar-refractivity contribution in [3.63, 3.8) is 0 Å². The standard InChI is InChI=1S/C15H18N2O3/c1-15(11-20-2)13(18)17(14(19)16-15)10-6-9-12-7-4-3-5-8-12/h3-9H,10-11H2,1-2H3,(H,16,19)/b9-6-/t15-/m0/s1. The van der Waals surface area contributed by atoms with Crippen molar-refractivity contribution in [2.45, 2.75) is 12.5 Å². The molecule has 5 nitrogen and oxygen atoms in total. The number of imide groups is 1. The Morgan fingerprint density at radius 2 is 2.00 bits per heavy atom. The number of nitrogens with zero attached hydrogens (tertiary/aromatic N) is 1. The van der Waals surface area contributed by atoms with E-state index < -0.39 is 5.54 Å². The number of ether oxygens (including phenoxy) is 1. The minimum absolute atomic E-state index is 0.163. The first-order valence-electron chi connectivity index (χ1n) is 6.41. The summed E-state index contributed by atoms with van der Waals surface area (Å²) >= 11 is 0. The Morgan fingerprint density at radius 3 is 2.65 bits per heavy atom. The van der Waals surface area contributed by atoms with E-state index in [0.29, 0.717) is 0 Å². The number of methoxy groups -OCH3 is 1. The second-order valence-electron chi connectivity index (χ2n) is 4.92. The molecule has 0 spiro atoms. The highest BCUT2D eigenvalue weighted by Gasteiger charge is 2.47. The maximum Gasteiger partial charge on any atom is 0.325 e. The smallest absolute Gasteiger partial charge is 0.325 e. The van der Waals surface area contributed by atoms with Crippen LogP contribution in [0.4, 0.5) is 4.79 Å². The summed E-state index contributed by atoms with van der Waals surface area (Å²) in [5, 5.41) is 2.66. The fraction of sp³-hybridized carbons (Fsp3) is 0.333. The SMILES string of the molecule is COC[C@]1(C)NC(=O)N(C/C=C\c2ccccc2)C1=O. The highest BCUT2D eigenvalue weighted by Crippen LogP contribution is 2.17. The van der Waals surface area contributed by atoms with Crippen molar-refractivity contribution in [2.24, 2.45) is 0 Å². The van der Waals surface area contributed by atoms with Gasteiger partial charge in [0.25, 0.3) is 5.91 Å². The van der Waals surface area contributed by atoms with E-state index in [4.69, 9.17) is 4.74 Å². The molecule has 1 atom stereocenters. The predicted molar refractivity (Wildman–Crippen MR) is 76.0 cm³/mol. The first-order chi connectivity index (χ1) is 9.57. The Bertz CT molecular complexity index is 527. The van der Waals surface area contributed by atoms with E-state index in [-0.39, 0.29) is 25.1 Å². The molecule has 0 unspecified atom stereocenters. The molecule has 0 saturated carbocycles. The molecule has 5 heteroatoms.